The van der Waals surface area contributed by atoms with Crippen molar-refractivity contribution in [1.29, 1.82) is 5.26 Å². The smallest absolute Gasteiger partial charge is 0.183 e. The van der Waals surface area contributed by atoms with E-state index in [0.717, 1.165) is 6.54 Å². The molecule has 2 heterocycles. The quantitative estimate of drug-likeness (QED) is 0.702. The predicted molar refractivity (Wildman–Crippen MR) is 59.0 cm³/mol. The third-order valence-corrected chi connectivity index (χ3v) is 2.66. The zero-order chi connectivity index (χ0) is 11.5. The van der Waals surface area contributed by atoms with Crippen LogP contribution in [0.2, 0.25) is 0 Å². The van der Waals surface area contributed by atoms with Gasteiger partial charge in [-0.2, -0.15) is 5.26 Å². The molecule has 0 bridgehead atoms. The molecule has 1 aliphatic rings. The summed E-state index contributed by atoms with van der Waals surface area (Å²) >= 11 is 0. The SMILES string of the molecule is CC1CN(c2nccnc2C#N)C(C)CO1. The molecule has 1 aliphatic heterocycles. The maximum atomic E-state index is 8.99. The van der Waals surface area contributed by atoms with E-state index in [4.69, 9.17) is 10.00 Å². The molecule has 0 saturated carbocycles. The van der Waals surface area contributed by atoms with E-state index in [-0.39, 0.29) is 12.1 Å². The van der Waals surface area contributed by atoms with Gasteiger partial charge in [-0.25, -0.2) is 9.97 Å². The molecule has 0 spiro atoms. The molecule has 0 N–H and O–H groups in total. The number of anilines is 1. The van der Waals surface area contributed by atoms with E-state index in [1.54, 1.807) is 6.20 Å². The fourth-order valence-corrected chi connectivity index (χ4v) is 1.82. The Morgan fingerprint density at radius 2 is 2.19 bits per heavy atom. The van der Waals surface area contributed by atoms with Gasteiger partial charge in [-0.05, 0) is 13.8 Å². The van der Waals surface area contributed by atoms with Gasteiger partial charge >= 0.3 is 0 Å². The van der Waals surface area contributed by atoms with Crippen LogP contribution in [0.4, 0.5) is 5.82 Å². The molecule has 1 saturated heterocycles. The monoisotopic (exact) mass is 218 g/mol. The van der Waals surface area contributed by atoms with Gasteiger partial charge in [0.15, 0.2) is 11.5 Å². The molecular weight excluding hydrogens is 204 g/mol. The molecule has 1 fully saturated rings. The first-order valence-electron chi connectivity index (χ1n) is 5.31. The van der Waals surface area contributed by atoms with Gasteiger partial charge in [-0.15, -0.1) is 0 Å². The lowest BCUT2D eigenvalue weighted by atomic mass is 10.2. The van der Waals surface area contributed by atoms with Crippen LogP contribution < -0.4 is 4.90 Å². The molecule has 1 aromatic heterocycles. The minimum atomic E-state index is 0.157. The molecule has 2 unspecified atom stereocenters. The zero-order valence-corrected chi connectivity index (χ0v) is 9.42. The summed E-state index contributed by atoms with van der Waals surface area (Å²) in [7, 11) is 0. The number of rotatable bonds is 1. The van der Waals surface area contributed by atoms with Crippen molar-refractivity contribution in [2.75, 3.05) is 18.1 Å². The molecule has 2 atom stereocenters. The molecule has 84 valence electrons. The van der Waals surface area contributed by atoms with E-state index < -0.39 is 0 Å². The van der Waals surface area contributed by atoms with Crippen molar-refractivity contribution in [2.45, 2.75) is 26.0 Å². The van der Waals surface area contributed by atoms with Crippen LogP contribution in [0.15, 0.2) is 12.4 Å². The lowest BCUT2D eigenvalue weighted by Crippen LogP contribution is -2.48. The highest BCUT2D eigenvalue weighted by molar-refractivity contribution is 5.50. The minimum Gasteiger partial charge on any atom is -0.375 e. The summed E-state index contributed by atoms with van der Waals surface area (Å²) in [4.78, 5) is 10.4. The Bertz CT molecular complexity index is 415. The number of hydrogen-bond acceptors (Lipinski definition) is 5. The number of nitrogens with zero attached hydrogens (tertiary/aromatic N) is 4. The van der Waals surface area contributed by atoms with Crippen molar-refractivity contribution in [1.82, 2.24) is 9.97 Å². The Balaban J connectivity index is 2.32. The molecule has 0 radical (unpaired) electrons. The van der Waals surface area contributed by atoms with Crippen molar-refractivity contribution in [3.05, 3.63) is 18.1 Å². The van der Waals surface area contributed by atoms with E-state index in [9.17, 15) is 0 Å². The van der Waals surface area contributed by atoms with Gasteiger partial charge in [-0.3, -0.25) is 0 Å². The van der Waals surface area contributed by atoms with Gasteiger partial charge in [0.2, 0.25) is 0 Å². The van der Waals surface area contributed by atoms with Gasteiger partial charge in [0.25, 0.3) is 0 Å². The van der Waals surface area contributed by atoms with E-state index in [2.05, 4.69) is 27.9 Å². The average molecular weight is 218 g/mol. The molecule has 5 nitrogen and oxygen atoms in total. The Kier molecular flexibility index (Phi) is 3.02. The second-order valence-corrected chi connectivity index (χ2v) is 3.99. The highest BCUT2D eigenvalue weighted by Crippen LogP contribution is 2.21. The summed E-state index contributed by atoms with van der Waals surface area (Å²) in [5.41, 5.74) is 0.378. The lowest BCUT2D eigenvalue weighted by molar-refractivity contribution is 0.0340. The first-order valence-corrected chi connectivity index (χ1v) is 5.31. The Morgan fingerprint density at radius 1 is 1.44 bits per heavy atom. The summed E-state index contributed by atoms with van der Waals surface area (Å²) in [6.45, 7) is 5.47. The largest absolute Gasteiger partial charge is 0.375 e. The standard InChI is InChI=1S/C11H14N4O/c1-8-7-16-9(2)6-15(8)11-10(5-12)13-3-4-14-11/h3-4,8-9H,6-7H2,1-2H3. The fourth-order valence-electron chi connectivity index (χ4n) is 1.82. The van der Waals surface area contributed by atoms with E-state index >= 15 is 0 Å². The summed E-state index contributed by atoms with van der Waals surface area (Å²) in [5, 5.41) is 8.99. The molecule has 0 amide bonds. The summed E-state index contributed by atoms with van der Waals surface area (Å²) in [5.74, 6) is 0.660. The number of aromatic nitrogens is 2. The number of nitriles is 1. The van der Waals surface area contributed by atoms with Crippen LogP contribution in [0.3, 0.4) is 0 Å². The van der Waals surface area contributed by atoms with Crippen LogP contribution >= 0.6 is 0 Å². The Labute approximate surface area is 94.7 Å². The second-order valence-electron chi connectivity index (χ2n) is 3.99. The highest BCUT2D eigenvalue weighted by Gasteiger charge is 2.26. The first-order chi connectivity index (χ1) is 7.72. The molecular formula is C11H14N4O. The number of hydrogen-bond donors (Lipinski definition) is 0. The molecule has 2 rings (SSSR count). The molecule has 5 heteroatoms. The normalized spacial score (nSPS) is 25.2. The van der Waals surface area contributed by atoms with Crippen LogP contribution in [0.25, 0.3) is 0 Å². The predicted octanol–water partition coefficient (Wildman–Crippen LogP) is 0.962. The average Bonchev–Trinajstić information content (AvgIpc) is 2.32. The Hall–Kier alpha value is -1.67. The van der Waals surface area contributed by atoms with Crippen molar-refractivity contribution in [3.8, 4) is 6.07 Å². The van der Waals surface area contributed by atoms with Crippen LogP contribution in [-0.2, 0) is 4.74 Å². The first kappa shape index (κ1) is 10.8. The number of morpholine rings is 1. The van der Waals surface area contributed by atoms with Crippen molar-refractivity contribution >= 4 is 5.82 Å². The Morgan fingerprint density at radius 3 is 2.94 bits per heavy atom. The van der Waals surface area contributed by atoms with Crippen molar-refractivity contribution in [3.63, 3.8) is 0 Å². The molecule has 1 aromatic rings. The van der Waals surface area contributed by atoms with Crippen LogP contribution in [0.1, 0.15) is 19.5 Å². The van der Waals surface area contributed by atoms with Gasteiger partial charge < -0.3 is 9.64 Å². The fraction of sp³-hybridized carbons (Fsp3) is 0.545. The molecule has 0 aromatic carbocycles. The lowest BCUT2D eigenvalue weighted by Gasteiger charge is -2.37. The minimum absolute atomic E-state index is 0.157. The van der Waals surface area contributed by atoms with E-state index in [0.29, 0.717) is 18.1 Å². The highest BCUT2D eigenvalue weighted by atomic mass is 16.5. The zero-order valence-electron chi connectivity index (χ0n) is 9.42. The van der Waals surface area contributed by atoms with Gasteiger partial charge in [0, 0.05) is 18.9 Å². The molecule has 16 heavy (non-hydrogen) atoms. The summed E-state index contributed by atoms with van der Waals surface area (Å²) < 4.78 is 5.54. The van der Waals surface area contributed by atoms with E-state index in [1.807, 2.05) is 6.92 Å². The summed E-state index contributed by atoms with van der Waals surface area (Å²) in [6.07, 6.45) is 3.31. The van der Waals surface area contributed by atoms with Gasteiger partial charge in [-0.1, -0.05) is 0 Å². The number of ether oxygens (including phenoxy) is 1. The van der Waals surface area contributed by atoms with Crippen LogP contribution in [0.5, 0.6) is 0 Å². The van der Waals surface area contributed by atoms with E-state index in [1.165, 1.54) is 6.20 Å². The topological polar surface area (TPSA) is 62.0 Å². The van der Waals surface area contributed by atoms with Crippen LogP contribution in [0, 0.1) is 11.3 Å². The summed E-state index contributed by atoms with van der Waals surface area (Å²) in [6, 6.07) is 2.29. The van der Waals surface area contributed by atoms with Gasteiger partial charge in [0.1, 0.15) is 6.07 Å². The third-order valence-electron chi connectivity index (χ3n) is 2.66. The van der Waals surface area contributed by atoms with Crippen molar-refractivity contribution < 1.29 is 4.74 Å². The van der Waals surface area contributed by atoms with Crippen LogP contribution in [-0.4, -0.2) is 35.3 Å². The van der Waals surface area contributed by atoms with Gasteiger partial charge in [0.05, 0.1) is 18.8 Å². The third kappa shape index (κ3) is 1.97. The second kappa shape index (κ2) is 4.45. The van der Waals surface area contributed by atoms with Crippen molar-refractivity contribution in [2.24, 2.45) is 0 Å². The maximum absolute atomic E-state index is 8.99. The molecule has 0 aliphatic carbocycles. The maximum Gasteiger partial charge on any atom is 0.183 e.